The molecule has 1 aromatic rings. The molecule has 0 aliphatic rings. The van der Waals surface area contributed by atoms with E-state index in [0.29, 0.717) is 0 Å². The largest absolute Gasteiger partial charge is 0.496 e. The van der Waals surface area contributed by atoms with Crippen molar-refractivity contribution in [3.63, 3.8) is 0 Å². The number of hydrogen-bond acceptors (Lipinski definition) is 3. The van der Waals surface area contributed by atoms with Gasteiger partial charge in [0, 0.05) is 13.1 Å². The minimum Gasteiger partial charge on any atom is -0.496 e. The second-order valence-electron chi connectivity index (χ2n) is 4.04. The second-order valence-corrected chi connectivity index (χ2v) is 4.45. The van der Waals surface area contributed by atoms with E-state index in [9.17, 15) is 18.4 Å². The molecule has 0 fully saturated rings. The molecule has 0 aliphatic heterocycles. The minimum absolute atomic E-state index is 0.0151. The Bertz CT molecular complexity index is 554. The predicted molar refractivity (Wildman–Crippen MR) is 72.6 cm³/mol. The van der Waals surface area contributed by atoms with Crippen LogP contribution in [0.15, 0.2) is 12.1 Å². The number of carboxylic acids is 1. The van der Waals surface area contributed by atoms with Crippen molar-refractivity contribution in [2.45, 2.75) is 6.43 Å². The van der Waals surface area contributed by atoms with E-state index in [1.807, 2.05) is 0 Å². The molecular formula is C12H13ClF2N2O4. The summed E-state index contributed by atoms with van der Waals surface area (Å²) >= 11 is 5.86. The fourth-order valence-electron chi connectivity index (χ4n) is 1.49. The third kappa shape index (κ3) is 4.45. The van der Waals surface area contributed by atoms with Gasteiger partial charge in [-0.05, 0) is 6.07 Å². The monoisotopic (exact) mass is 322 g/mol. The molecule has 116 valence electrons. The maximum Gasteiger partial charge on any atom is 0.339 e. The zero-order valence-corrected chi connectivity index (χ0v) is 11.9. The lowest BCUT2D eigenvalue weighted by atomic mass is 10.2. The number of benzene rings is 1. The van der Waals surface area contributed by atoms with Crippen LogP contribution in [0.2, 0.25) is 5.02 Å². The van der Waals surface area contributed by atoms with E-state index in [1.165, 1.54) is 20.2 Å². The van der Waals surface area contributed by atoms with E-state index in [-0.39, 0.29) is 22.0 Å². The van der Waals surface area contributed by atoms with E-state index in [1.54, 1.807) is 0 Å². The lowest BCUT2D eigenvalue weighted by Crippen LogP contribution is -2.35. The lowest BCUT2D eigenvalue weighted by molar-refractivity contribution is 0.0693. The SMILES string of the molecule is COc1cc(NC(=O)N(C)CC(F)F)c(Cl)cc1C(=O)O. The summed E-state index contributed by atoms with van der Waals surface area (Å²) in [6, 6.07) is 1.51. The number of carboxylic acid groups (broad SMARTS) is 1. The molecule has 9 heteroatoms. The minimum atomic E-state index is -2.67. The van der Waals surface area contributed by atoms with E-state index >= 15 is 0 Å². The summed E-state index contributed by atoms with van der Waals surface area (Å²) in [5.41, 5.74) is -0.119. The summed E-state index contributed by atoms with van der Waals surface area (Å²) in [5, 5.41) is 11.2. The number of methoxy groups -OCH3 is 1. The van der Waals surface area contributed by atoms with Crippen molar-refractivity contribution in [3.05, 3.63) is 22.7 Å². The standard InChI is InChI=1S/C12H13ClF2N2O4/c1-17(5-10(14)15)12(20)16-8-4-9(21-2)6(11(18)19)3-7(8)13/h3-4,10H,5H2,1-2H3,(H,16,20)(H,18,19). The van der Waals surface area contributed by atoms with Gasteiger partial charge in [-0.1, -0.05) is 11.6 Å². The maximum atomic E-state index is 12.2. The summed E-state index contributed by atoms with van der Waals surface area (Å²) in [5.74, 6) is -1.26. The zero-order valence-electron chi connectivity index (χ0n) is 11.2. The van der Waals surface area contributed by atoms with Gasteiger partial charge in [-0.25, -0.2) is 18.4 Å². The Hall–Kier alpha value is -2.09. The van der Waals surface area contributed by atoms with Gasteiger partial charge >= 0.3 is 12.0 Å². The number of halogens is 3. The molecule has 2 amide bonds. The number of anilines is 1. The van der Waals surface area contributed by atoms with E-state index in [4.69, 9.17) is 21.4 Å². The Morgan fingerprint density at radius 2 is 2.10 bits per heavy atom. The van der Waals surface area contributed by atoms with E-state index < -0.39 is 25.0 Å². The number of rotatable bonds is 5. The van der Waals surface area contributed by atoms with Gasteiger partial charge in [-0.2, -0.15) is 0 Å². The van der Waals surface area contributed by atoms with E-state index in [2.05, 4.69) is 5.32 Å². The van der Waals surface area contributed by atoms with Crippen molar-refractivity contribution in [2.24, 2.45) is 0 Å². The molecule has 21 heavy (non-hydrogen) atoms. The molecule has 0 unspecified atom stereocenters. The molecule has 0 radical (unpaired) electrons. The number of aromatic carboxylic acids is 1. The molecule has 0 heterocycles. The third-order valence-electron chi connectivity index (χ3n) is 2.52. The highest BCUT2D eigenvalue weighted by Gasteiger charge is 2.18. The van der Waals surface area contributed by atoms with Crippen LogP contribution in [-0.4, -0.2) is 49.1 Å². The number of hydrogen-bond donors (Lipinski definition) is 2. The van der Waals surface area contributed by atoms with Crippen LogP contribution in [0.1, 0.15) is 10.4 Å². The van der Waals surface area contributed by atoms with Crippen molar-refractivity contribution in [3.8, 4) is 5.75 Å². The number of nitrogens with one attached hydrogen (secondary N) is 1. The van der Waals surface area contributed by atoms with Crippen LogP contribution in [0.3, 0.4) is 0 Å². The molecule has 0 saturated heterocycles. The highest BCUT2D eigenvalue weighted by molar-refractivity contribution is 6.34. The average Bonchev–Trinajstić information content (AvgIpc) is 2.39. The van der Waals surface area contributed by atoms with Gasteiger partial charge in [0.15, 0.2) is 0 Å². The summed E-state index contributed by atoms with van der Waals surface area (Å²) in [6.07, 6.45) is -2.67. The number of carbonyl (C=O) groups is 2. The summed E-state index contributed by atoms with van der Waals surface area (Å²) in [7, 11) is 2.45. The quantitative estimate of drug-likeness (QED) is 0.873. The number of ether oxygens (including phenoxy) is 1. The number of nitrogens with zero attached hydrogens (tertiary/aromatic N) is 1. The molecule has 0 atom stereocenters. The van der Waals surface area contributed by atoms with Gasteiger partial charge in [0.1, 0.15) is 11.3 Å². The van der Waals surface area contributed by atoms with Crippen LogP contribution < -0.4 is 10.1 Å². The molecule has 0 bridgehead atoms. The number of amides is 2. The van der Waals surface area contributed by atoms with Crippen molar-refractivity contribution < 1.29 is 28.2 Å². The average molecular weight is 323 g/mol. The Morgan fingerprint density at radius 1 is 1.48 bits per heavy atom. The van der Waals surface area contributed by atoms with Crippen LogP contribution >= 0.6 is 11.6 Å². The summed E-state index contributed by atoms with van der Waals surface area (Å²) in [6.45, 7) is -0.742. The summed E-state index contributed by atoms with van der Waals surface area (Å²) < 4.78 is 29.3. The number of urea groups is 1. The predicted octanol–water partition coefficient (Wildman–Crippen LogP) is 2.78. The van der Waals surface area contributed by atoms with Crippen LogP contribution in [0.25, 0.3) is 0 Å². The van der Waals surface area contributed by atoms with Crippen LogP contribution in [0.4, 0.5) is 19.3 Å². The van der Waals surface area contributed by atoms with Gasteiger partial charge < -0.3 is 20.1 Å². The highest BCUT2D eigenvalue weighted by Crippen LogP contribution is 2.31. The van der Waals surface area contributed by atoms with E-state index in [0.717, 1.165) is 11.0 Å². The smallest absolute Gasteiger partial charge is 0.339 e. The Labute approximate surface area is 124 Å². The third-order valence-corrected chi connectivity index (χ3v) is 2.83. The molecule has 0 aromatic heterocycles. The van der Waals surface area contributed by atoms with Gasteiger partial charge in [-0.3, -0.25) is 0 Å². The van der Waals surface area contributed by atoms with Gasteiger partial charge in [-0.15, -0.1) is 0 Å². The fraction of sp³-hybridized carbons (Fsp3) is 0.333. The molecule has 6 nitrogen and oxygen atoms in total. The molecule has 1 rings (SSSR count). The Morgan fingerprint density at radius 3 is 2.57 bits per heavy atom. The topological polar surface area (TPSA) is 78.9 Å². The first-order valence-corrected chi connectivity index (χ1v) is 6.05. The number of carbonyl (C=O) groups excluding carboxylic acids is 1. The fourth-order valence-corrected chi connectivity index (χ4v) is 1.70. The van der Waals surface area contributed by atoms with Crippen molar-refractivity contribution in [1.29, 1.82) is 0 Å². The first-order valence-electron chi connectivity index (χ1n) is 5.67. The number of alkyl halides is 2. The zero-order chi connectivity index (χ0) is 16.2. The van der Waals surface area contributed by atoms with Crippen molar-refractivity contribution in [1.82, 2.24) is 4.90 Å². The molecule has 0 aliphatic carbocycles. The maximum absolute atomic E-state index is 12.2. The normalized spacial score (nSPS) is 10.4. The molecule has 0 spiro atoms. The first kappa shape index (κ1) is 17.0. The summed E-state index contributed by atoms with van der Waals surface area (Å²) in [4.78, 5) is 23.4. The molecule has 2 N–H and O–H groups in total. The molecule has 1 aromatic carbocycles. The van der Waals surface area contributed by atoms with Gasteiger partial charge in [0.25, 0.3) is 6.43 Å². The first-order chi connectivity index (χ1) is 9.76. The molecule has 0 saturated carbocycles. The Kier molecular flexibility index (Phi) is 5.71. The highest BCUT2D eigenvalue weighted by atomic mass is 35.5. The molecular weight excluding hydrogens is 310 g/mol. The Balaban J connectivity index is 2.99. The van der Waals surface area contributed by atoms with Crippen LogP contribution in [0.5, 0.6) is 5.75 Å². The van der Waals surface area contributed by atoms with Crippen LogP contribution in [0, 0.1) is 0 Å². The van der Waals surface area contributed by atoms with Crippen molar-refractivity contribution >= 4 is 29.3 Å². The van der Waals surface area contributed by atoms with Crippen LogP contribution in [-0.2, 0) is 0 Å². The van der Waals surface area contributed by atoms with Gasteiger partial charge in [0.05, 0.1) is 24.4 Å². The lowest BCUT2D eigenvalue weighted by Gasteiger charge is -2.18. The van der Waals surface area contributed by atoms with Gasteiger partial charge in [0.2, 0.25) is 0 Å². The second kappa shape index (κ2) is 7.07. The van der Waals surface area contributed by atoms with Crippen molar-refractivity contribution in [2.75, 3.05) is 26.0 Å².